The summed E-state index contributed by atoms with van der Waals surface area (Å²) in [5.74, 6) is 1.07. The van der Waals surface area contributed by atoms with Crippen molar-refractivity contribution in [1.82, 2.24) is 19.2 Å². The van der Waals surface area contributed by atoms with Gasteiger partial charge in [0.1, 0.15) is 5.82 Å². The van der Waals surface area contributed by atoms with Crippen LogP contribution in [0.4, 0.5) is 0 Å². The number of carbonyl (C=O) groups is 1. The van der Waals surface area contributed by atoms with Crippen molar-refractivity contribution in [1.29, 1.82) is 0 Å². The van der Waals surface area contributed by atoms with E-state index < -0.39 is 15.4 Å². The molecule has 144 valence electrons. The molecule has 0 aromatic carbocycles. The molecular weight excluding hydrogens is 352 g/mol. The van der Waals surface area contributed by atoms with Crippen LogP contribution in [0.5, 0.6) is 0 Å². The van der Waals surface area contributed by atoms with E-state index in [0.717, 1.165) is 44.3 Å². The summed E-state index contributed by atoms with van der Waals surface area (Å²) in [6.45, 7) is 3.17. The number of fused-ring (bicyclic) bond motifs is 1. The monoisotopic (exact) mass is 380 g/mol. The van der Waals surface area contributed by atoms with Crippen molar-refractivity contribution >= 4 is 15.9 Å². The molecule has 1 aromatic heterocycles. The molecule has 26 heavy (non-hydrogen) atoms. The standard InChI is InChI=1S/C18H28N4O3S/c1-14-19-9-11-21(14)12-10-20-17(23)18-7-3-2-4-16(18)22(15-5-6-15)26(24,25)13-8-18/h9,11,15-16H,2-8,10,12-13H2,1H3,(H,20,23)/t16-,18-/m1/s1. The highest BCUT2D eigenvalue weighted by Gasteiger charge is 2.58. The van der Waals surface area contributed by atoms with Crippen LogP contribution in [0.1, 0.15) is 50.8 Å². The molecule has 0 spiro atoms. The molecule has 2 atom stereocenters. The quantitative estimate of drug-likeness (QED) is 0.838. The maximum Gasteiger partial charge on any atom is 0.227 e. The summed E-state index contributed by atoms with van der Waals surface area (Å²) in [6, 6.07) is -0.0262. The first-order valence-corrected chi connectivity index (χ1v) is 11.3. The molecule has 1 saturated heterocycles. The summed E-state index contributed by atoms with van der Waals surface area (Å²) < 4.78 is 29.1. The third kappa shape index (κ3) is 3.07. The molecule has 3 fully saturated rings. The zero-order valence-corrected chi connectivity index (χ0v) is 16.2. The molecule has 4 rings (SSSR count). The summed E-state index contributed by atoms with van der Waals surface area (Å²) in [5.41, 5.74) is -0.545. The highest BCUT2D eigenvalue weighted by Crippen LogP contribution is 2.50. The van der Waals surface area contributed by atoms with Crippen molar-refractivity contribution in [3.8, 4) is 0 Å². The van der Waals surface area contributed by atoms with Gasteiger partial charge in [-0.15, -0.1) is 0 Å². The zero-order valence-electron chi connectivity index (χ0n) is 15.4. The Balaban J connectivity index is 1.50. The third-order valence-electron chi connectivity index (χ3n) is 6.34. The van der Waals surface area contributed by atoms with Crippen molar-refractivity contribution < 1.29 is 13.2 Å². The molecule has 0 bridgehead atoms. The van der Waals surface area contributed by atoms with E-state index in [2.05, 4.69) is 10.3 Å². The predicted octanol–water partition coefficient (Wildman–Crippen LogP) is 1.43. The number of rotatable bonds is 5. The van der Waals surface area contributed by atoms with Crippen LogP contribution in [0.3, 0.4) is 0 Å². The molecule has 1 N–H and O–H groups in total. The Morgan fingerprint density at radius 1 is 1.31 bits per heavy atom. The maximum atomic E-state index is 13.2. The van der Waals surface area contributed by atoms with Gasteiger partial charge in [0.05, 0.1) is 11.2 Å². The Kier molecular flexibility index (Phi) is 4.59. The number of aryl methyl sites for hydroxylation is 1. The summed E-state index contributed by atoms with van der Waals surface area (Å²) in [5, 5.41) is 3.11. The highest BCUT2D eigenvalue weighted by molar-refractivity contribution is 7.89. The van der Waals surface area contributed by atoms with E-state index in [0.29, 0.717) is 19.5 Å². The average molecular weight is 381 g/mol. The number of sulfonamides is 1. The van der Waals surface area contributed by atoms with Crippen LogP contribution >= 0.6 is 0 Å². The number of aromatic nitrogens is 2. The lowest BCUT2D eigenvalue weighted by Gasteiger charge is -2.51. The first-order valence-electron chi connectivity index (χ1n) is 9.71. The van der Waals surface area contributed by atoms with Crippen LogP contribution in [0.2, 0.25) is 0 Å². The second-order valence-corrected chi connectivity index (χ2v) is 9.96. The Morgan fingerprint density at radius 2 is 2.12 bits per heavy atom. The second-order valence-electron chi connectivity index (χ2n) is 7.97. The van der Waals surface area contributed by atoms with Gasteiger partial charge in [-0.1, -0.05) is 12.8 Å². The van der Waals surface area contributed by atoms with Gasteiger partial charge in [0.2, 0.25) is 15.9 Å². The SMILES string of the molecule is Cc1nccn1CCNC(=O)[C@@]12CCCC[C@H]1N(C1CC1)S(=O)(=O)CC2. The fraction of sp³-hybridized carbons (Fsp3) is 0.778. The van der Waals surface area contributed by atoms with E-state index in [1.54, 1.807) is 10.5 Å². The molecule has 2 saturated carbocycles. The minimum absolute atomic E-state index is 0.0421. The largest absolute Gasteiger partial charge is 0.354 e. The fourth-order valence-electron chi connectivity index (χ4n) is 4.79. The molecule has 1 aromatic rings. The van der Waals surface area contributed by atoms with E-state index in [4.69, 9.17) is 0 Å². The number of nitrogens with zero attached hydrogens (tertiary/aromatic N) is 3. The van der Waals surface area contributed by atoms with Crippen molar-refractivity contribution in [3.05, 3.63) is 18.2 Å². The van der Waals surface area contributed by atoms with Crippen LogP contribution < -0.4 is 5.32 Å². The van der Waals surface area contributed by atoms with Crippen molar-refractivity contribution in [3.63, 3.8) is 0 Å². The summed E-state index contributed by atoms with van der Waals surface area (Å²) >= 11 is 0. The topological polar surface area (TPSA) is 84.3 Å². The van der Waals surface area contributed by atoms with Crippen LogP contribution in [-0.2, 0) is 21.4 Å². The predicted molar refractivity (Wildman–Crippen MR) is 97.9 cm³/mol. The normalized spacial score (nSPS) is 31.3. The van der Waals surface area contributed by atoms with E-state index in [1.165, 1.54) is 0 Å². The van der Waals surface area contributed by atoms with Gasteiger partial charge in [-0.05, 0) is 39.0 Å². The van der Waals surface area contributed by atoms with Gasteiger partial charge >= 0.3 is 0 Å². The molecular formula is C18H28N4O3S. The molecule has 1 amide bonds. The van der Waals surface area contributed by atoms with Crippen LogP contribution in [0, 0.1) is 12.3 Å². The van der Waals surface area contributed by atoms with Gasteiger partial charge in [-0.3, -0.25) is 4.79 Å². The van der Waals surface area contributed by atoms with Gasteiger partial charge in [-0.2, -0.15) is 4.31 Å². The minimum atomic E-state index is -3.22. The molecule has 3 aliphatic rings. The van der Waals surface area contributed by atoms with Gasteiger partial charge in [-0.25, -0.2) is 13.4 Å². The number of carbonyl (C=O) groups excluding carboxylic acids is 1. The Bertz CT molecular complexity index is 786. The van der Waals surface area contributed by atoms with E-state index >= 15 is 0 Å². The molecule has 0 radical (unpaired) electrons. The van der Waals surface area contributed by atoms with Gasteiger partial charge < -0.3 is 9.88 Å². The molecule has 2 heterocycles. The second kappa shape index (κ2) is 6.64. The Morgan fingerprint density at radius 3 is 2.81 bits per heavy atom. The highest BCUT2D eigenvalue weighted by atomic mass is 32.2. The van der Waals surface area contributed by atoms with Crippen LogP contribution in [0.25, 0.3) is 0 Å². The lowest BCUT2D eigenvalue weighted by Crippen LogP contribution is -2.63. The number of hydrogen-bond donors (Lipinski definition) is 1. The van der Waals surface area contributed by atoms with Gasteiger partial charge in [0.25, 0.3) is 0 Å². The molecule has 0 unspecified atom stereocenters. The Hall–Kier alpha value is -1.41. The van der Waals surface area contributed by atoms with E-state index in [-0.39, 0.29) is 23.7 Å². The fourth-order valence-corrected chi connectivity index (χ4v) is 6.98. The van der Waals surface area contributed by atoms with Crippen molar-refractivity contribution in [2.45, 2.75) is 70.5 Å². The van der Waals surface area contributed by atoms with Gasteiger partial charge in [0.15, 0.2) is 0 Å². The molecule has 1 aliphatic heterocycles. The smallest absolute Gasteiger partial charge is 0.227 e. The first-order chi connectivity index (χ1) is 12.4. The number of nitrogens with one attached hydrogen (secondary N) is 1. The number of imidazole rings is 1. The van der Waals surface area contributed by atoms with Crippen LogP contribution in [0.15, 0.2) is 12.4 Å². The molecule has 2 aliphatic carbocycles. The van der Waals surface area contributed by atoms with Crippen LogP contribution in [-0.4, -0.2) is 52.6 Å². The summed E-state index contributed by atoms with van der Waals surface area (Å²) in [6.07, 6.45) is 9.61. The third-order valence-corrected chi connectivity index (χ3v) is 8.26. The van der Waals surface area contributed by atoms with Crippen molar-refractivity contribution in [2.24, 2.45) is 5.41 Å². The molecule has 8 heteroatoms. The lowest BCUT2D eigenvalue weighted by molar-refractivity contribution is -0.137. The number of amides is 1. The van der Waals surface area contributed by atoms with Crippen molar-refractivity contribution in [2.75, 3.05) is 12.3 Å². The summed E-state index contributed by atoms with van der Waals surface area (Å²) in [4.78, 5) is 17.4. The lowest BCUT2D eigenvalue weighted by atomic mass is 9.67. The van der Waals surface area contributed by atoms with E-state index in [1.807, 2.05) is 17.7 Å². The average Bonchev–Trinajstić information content (AvgIpc) is 3.36. The zero-order chi connectivity index (χ0) is 18.4. The Labute approximate surface area is 155 Å². The minimum Gasteiger partial charge on any atom is -0.354 e. The van der Waals surface area contributed by atoms with Gasteiger partial charge in [0, 0.05) is 37.6 Å². The van der Waals surface area contributed by atoms with E-state index in [9.17, 15) is 13.2 Å². The maximum absolute atomic E-state index is 13.2. The first kappa shape index (κ1) is 18.0. The number of hydrogen-bond acceptors (Lipinski definition) is 4. The summed E-state index contributed by atoms with van der Waals surface area (Å²) in [7, 11) is -3.22. The molecule has 7 nitrogen and oxygen atoms in total.